The number of carbonyl (C=O) groups excluding carboxylic acids is 1. The number of rotatable bonds is 3. The number of carboxylic acid groups (broad SMARTS) is 1. The maximum absolute atomic E-state index is 11.7. The van der Waals surface area contributed by atoms with Crippen LogP contribution in [-0.2, 0) is 19.2 Å². The third-order valence-corrected chi connectivity index (χ3v) is 3.69. The second kappa shape index (κ2) is 6.06. The van der Waals surface area contributed by atoms with Crippen molar-refractivity contribution in [1.82, 2.24) is 5.06 Å². The molecule has 0 amide bonds. The Morgan fingerprint density at radius 3 is 2.57 bits per heavy atom. The summed E-state index contributed by atoms with van der Waals surface area (Å²) in [5, 5.41) is 11.1. The van der Waals surface area contributed by atoms with Crippen LogP contribution in [0.2, 0.25) is 0 Å². The van der Waals surface area contributed by atoms with Gasteiger partial charge in [-0.05, 0) is 40.7 Å². The molecule has 0 aromatic rings. The van der Waals surface area contributed by atoms with Crippen molar-refractivity contribution in [1.29, 1.82) is 0 Å². The van der Waals surface area contributed by atoms with E-state index < -0.39 is 35.4 Å². The number of hydrogen-bond acceptors (Lipinski definition) is 5. The SMILES string of the molecule is CC(C)(C)ON1[C@@H](C2C=CC=CC2=C=O)[C@@H](C(=O)O)OC1(C)C. The van der Waals surface area contributed by atoms with Crippen LogP contribution in [0.15, 0.2) is 29.9 Å². The van der Waals surface area contributed by atoms with Gasteiger partial charge in [0.15, 0.2) is 6.10 Å². The third kappa shape index (κ3) is 3.62. The standard InChI is InChI=1S/C17H23NO5/c1-16(2,3)23-18-13(12-9-7-6-8-11(12)10-19)14(15(20)21)22-17(18,4)5/h6-9,12-14H,1-5H3,(H,20,21)/t12?,13-,14-/m0/s1. The monoisotopic (exact) mass is 321 g/mol. The lowest BCUT2D eigenvalue weighted by Crippen LogP contribution is -2.51. The number of ether oxygens (including phenoxy) is 1. The van der Waals surface area contributed by atoms with Crippen molar-refractivity contribution in [2.24, 2.45) is 5.92 Å². The Kier molecular flexibility index (Phi) is 4.64. The zero-order valence-electron chi connectivity index (χ0n) is 14.1. The number of hydroxylamine groups is 2. The lowest BCUT2D eigenvalue weighted by Gasteiger charge is -2.39. The first-order valence-corrected chi connectivity index (χ1v) is 7.56. The van der Waals surface area contributed by atoms with Crippen LogP contribution >= 0.6 is 0 Å². The van der Waals surface area contributed by atoms with Gasteiger partial charge in [0.2, 0.25) is 0 Å². The van der Waals surface area contributed by atoms with Gasteiger partial charge in [-0.25, -0.2) is 9.59 Å². The van der Waals surface area contributed by atoms with Gasteiger partial charge in [-0.2, -0.15) is 5.06 Å². The number of allylic oxidation sites excluding steroid dienone is 3. The van der Waals surface area contributed by atoms with Gasteiger partial charge in [-0.15, -0.1) is 0 Å². The number of carboxylic acids is 1. The van der Waals surface area contributed by atoms with Crippen LogP contribution in [0.1, 0.15) is 34.6 Å². The molecule has 0 radical (unpaired) electrons. The summed E-state index contributed by atoms with van der Waals surface area (Å²) < 4.78 is 5.73. The molecule has 1 aliphatic heterocycles. The van der Waals surface area contributed by atoms with E-state index >= 15 is 0 Å². The second-order valence-corrected chi connectivity index (χ2v) is 7.17. The molecule has 0 aromatic carbocycles. The molecule has 1 aliphatic carbocycles. The van der Waals surface area contributed by atoms with E-state index in [-0.39, 0.29) is 0 Å². The van der Waals surface area contributed by atoms with Crippen molar-refractivity contribution in [3.8, 4) is 0 Å². The van der Waals surface area contributed by atoms with Crippen LogP contribution in [0.3, 0.4) is 0 Å². The molecule has 1 saturated heterocycles. The molecule has 1 heterocycles. The van der Waals surface area contributed by atoms with Gasteiger partial charge in [0.25, 0.3) is 0 Å². The van der Waals surface area contributed by atoms with Gasteiger partial charge in [0.1, 0.15) is 11.7 Å². The second-order valence-electron chi connectivity index (χ2n) is 7.17. The molecule has 6 heteroatoms. The van der Waals surface area contributed by atoms with Gasteiger partial charge in [0.05, 0.1) is 11.6 Å². The Morgan fingerprint density at radius 2 is 2.04 bits per heavy atom. The van der Waals surface area contributed by atoms with E-state index in [4.69, 9.17) is 9.57 Å². The van der Waals surface area contributed by atoms with E-state index in [2.05, 4.69) is 0 Å². The van der Waals surface area contributed by atoms with Crippen LogP contribution in [-0.4, -0.2) is 45.6 Å². The fourth-order valence-corrected chi connectivity index (χ4v) is 2.87. The summed E-state index contributed by atoms with van der Waals surface area (Å²) in [6, 6.07) is -0.667. The molecule has 2 aliphatic rings. The summed E-state index contributed by atoms with van der Waals surface area (Å²) in [6.07, 6.45) is 5.81. The molecule has 126 valence electrons. The van der Waals surface area contributed by atoms with Crippen molar-refractivity contribution in [2.75, 3.05) is 0 Å². The molecule has 0 spiro atoms. The highest BCUT2D eigenvalue weighted by molar-refractivity contribution is 5.74. The first-order chi connectivity index (χ1) is 10.6. The van der Waals surface area contributed by atoms with E-state index in [9.17, 15) is 14.7 Å². The number of aliphatic carboxylic acids is 1. The Bertz CT molecular complexity index is 593. The maximum Gasteiger partial charge on any atom is 0.334 e. The number of carbonyl (C=O) groups is 1. The van der Waals surface area contributed by atoms with Gasteiger partial charge < -0.3 is 9.84 Å². The largest absolute Gasteiger partial charge is 0.479 e. The molecule has 6 nitrogen and oxygen atoms in total. The normalized spacial score (nSPS) is 30.5. The Hall–Kier alpha value is -1.72. The Labute approximate surface area is 136 Å². The molecule has 1 unspecified atom stereocenters. The summed E-state index contributed by atoms with van der Waals surface area (Å²) in [4.78, 5) is 29.0. The van der Waals surface area contributed by atoms with Gasteiger partial charge >= 0.3 is 5.97 Å². The predicted molar refractivity (Wildman–Crippen MR) is 84.0 cm³/mol. The quantitative estimate of drug-likeness (QED) is 0.802. The summed E-state index contributed by atoms with van der Waals surface area (Å²) >= 11 is 0. The van der Waals surface area contributed by atoms with E-state index in [0.717, 1.165) is 0 Å². The minimum Gasteiger partial charge on any atom is -0.479 e. The highest BCUT2D eigenvalue weighted by Gasteiger charge is 2.55. The van der Waals surface area contributed by atoms with Crippen molar-refractivity contribution in [3.63, 3.8) is 0 Å². The smallest absolute Gasteiger partial charge is 0.334 e. The van der Waals surface area contributed by atoms with Gasteiger partial charge in [-0.1, -0.05) is 18.2 Å². The first kappa shape index (κ1) is 17.6. The number of hydrogen-bond donors (Lipinski definition) is 1. The molecule has 2 rings (SSSR count). The molecule has 0 bridgehead atoms. The van der Waals surface area contributed by atoms with Crippen LogP contribution in [0.25, 0.3) is 0 Å². The highest BCUT2D eigenvalue weighted by Crippen LogP contribution is 2.40. The predicted octanol–water partition coefficient (Wildman–Crippen LogP) is 2.11. The molecule has 3 atom stereocenters. The topological polar surface area (TPSA) is 76.1 Å². The molecular formula is C17H23NO5. The fourth-order valence-electron chi connectivity index (χ4n) is 2.87. The van der Waals surface area contributed by atoms with E-state index in [1.807, 2.05) is 26.7 Å². The van der Waals surface area contributed by atoms with Crippen molar-refractivity contribution < 1.29 is 24.3 Å². The van der Waals surface area contributed by atoms with E-state index in [1.54, 1.807) is 43.2 Å². The lowest BCUT2D eigenvalue weighted by atomic mass is 9.85. The van der Waals surface area contributed by atoms with Crippen molar-refractivity contribution >= 4 is 11.9 Å². The van der Waals surface area contributed by atoms with Gasteiger partial charge in [0, 0.05) is 11.5 Å². The van der Waals surface area contributed by atoms with Crippen LogP contribution < -0.4 is 0 Å². The zero-order valence-corrected chi connectivity index (χ0v) is 14.1. The minimum absolute atomic E-state index is 0.382. The summed E-state index contributed by atoms with van der Waals surface area (Å²) in [5.41, 5.74) is -1.09. The molecule has 1 fully saturated rings. The summed E-state index contributed by atoms with van der Waals surface area (Å²) in [5.74, 6) is 0.343. The zero-order chi connectivity index (χ0) is 17.4. The van der Waals surface area contributed by atoms with Crippen LogP contribution in [0.4, 0.5) is 0 Å². The Balaban J connectivity index is 2.48. The molecule has 1 N–H and O–H groups in total. The molecule has 23 heavy (non-hydrogen) atoms. The van der Waals surface area contributed by atoms with Crippen molar-refractivity contribution in [2.45, 2.75) is 58.1 Å². The summed E-state index contributed by atoms with van der Waals surface area (Å²) in [7, 11) is 0. The maximum atomic E-state index is 11.7. The van der Waals surface area contributed by atoms with E-state index in [1.165, 1.54) is 0 Å². The lowest BCUT2D eigenvalue weighted by molar-refractivity contribution is -0.305. The van der Waals surface area contributed by atoms with Crippen LogP contribution in [0, 0.1) is 5.92 Å². The fraction of sp³-hybridized carbons (Fsp3) is 0.588. The summed E-state index contributed by atoms with van der Waals surface area (Å²) in [6.45, 7) is 9.13. The molecule has 0 saturated carbocycles. The minimum atomic E-state index is -1.11. The van der Waals surface area contributed by atoms with Gasteiger partial charge in [-0.3, -0.25) is 4.84 Å². The number of nitrogens with zero attached hydrogens (tertiary/aromatic N) is 1. The Morgan fingerprint density at radius 1 is 1.39 bits per heavy atom. The average molecular weight is 321 g/mol. The third-order valence-electron chi connectivity index (χ3n) is 3.69. The average Bonchev–Trinajstić information content (AvgIpc) is 2.69. The highest BCUT2D eigenvalue weighted by atomic mass is 16.8. The van der Waals surface area contributed by atoms with Crippen LogP contribution in [0.5, 0.6) is 0 Å². The molecular weight excluding hydrogens is 298 g/mol. The van der Waals surface area contributed by atoms with Crippen molar-refractivity contribution in [3.05, 3.63) is 29.9 Å². The van der Waals surface area contributed by atoms with E-state index in [0.29, 0.717) is 5.57 Å². The first-order valence-electron chi connectivity index (χ1n) is 7.56. The molecule has 0 aromatic heterocycles.